The summed E-state index contributed by atoms with van der Waals surface area (Å²) in [5.74, 6) is 0.769. The molecule has 8 heteroatoms. The van der Waals surface area contributed by atoms with Gasteiger partial charge in [0, 0.05) is 50.0 Å². The van der Waals surface area contributed by atoms with Crippen molar-refractivity contribution in [3.8, 4) is 0 Å². The van der Waals surface area contributed by atoms with Crippen LogP contribution in [0.3, 0.4) is 0 Å². The number of nitrogens with zero attached hydrogens (tertiary/aromatic N) is 4. The number of hydrogen-bond donors (Lipinski definition) is 2. The van der Waals surface area contributed by atoms with Crippen LogP contribution in [0, 0.1) is 0 Å². The summed E-state index contributed by atoms with van der Waals surface area (Å²) in [5.41, 5.74) is 1.28. The Bertz CT molecular complexity index is 724. The lowest BCUT2D eigenvalue weighted by molar-refractivity contribution is -0.130. The molecular formula is C18H26N6OS. The van der Waals surface area contributed by atoms with Gasteiger partial charge in [0.25, 0.3) is 0 Å². The van der Waals surface area contributed by atoms with Crippen LogP contribution < -0.4 is 10.6 Å². The van der Waals surface area contributed by atoms with Crippen LogP contribution >= 0.6 is 11.3 Å². The van der Waals surface area contributed by atoms with Gasteiger partial charge in [0.1, 0.15) is 6.54 Å². The van der Waals surface area contributed by atoms with Crippen LogP contribution in [0.1, 0.15) is 23.8 Å². The van der Waals surface area contributed by atoms with Crippen LogP contribution in [0.4, 0.5) is 0 Å². The van der Waals surface area contributed by atoms with Gasteiger partial charge in [-0.2, -0.15) is 5.10 Å². The van der Waals surface area contributed by atoms with Crippen molar-refractivity contribution in [2.24, 2.45) is 4.99 Å². The number of amides is 1. The Balaban J connectivity index is 1.44. The minimum absolute atomic E-state index is 0.0793. The van der Waals surface area contributed by atoms with Crippen LogP contribution in [0.15, 0.2) is 34.9 Å². The first kappa shape index (κ1) is 18.4. The third-order valence-corrected chi connectivity index (χ3v) is 5.32. The van der Waals surface area contributed by atoms with E-state index in [1.54, 1.807) is 17.5 Å². The highest BCUT2D eigenvalue weighted by molar-refractivity contribution is 7.10. The third kappa shape index (κ3) is 5.08. The predicted octanol–water partition coefficient (Wildman–Crippen LogP) is 1.47. The summed E-state index contributed by atoms with van der Waals surface area (Å²) < 4.78 is 1.91. The summed E-state index contributed by atoms with van der Waals surface area (Å²) in [4.78, 5) is 20.2. The second kappa shape index (κ2) is 9.38. The zero-order chi connectivity index (χ0) is 18.2. The fourth-order valence-electron chi connectivity index (χ4n) is 2.93. The Morgan fingerprint density at radius 3 is 3.15 bits per heavy atom. The minimum Gasteiger partial charge on any atom is -0.357 e. The molecule has 2 N–H and O–H groups in total. The lowest BCUT2D eigenvalue weighted by Gasteiger charge is -2.26. The maximum atomic E-state index is 12.5. The molecule has 0 unspecified atom stereocenters. The summed E-state index contributed by atoms with van der Waals surface area (Å²) in [7, 11) is 0. The average Bonchev–Trinajstić information content (AvgIpc) is 3.33. The van der Waals surface area contributed by atoms with Crippen molar-refractivity contribution in [1.29, 1.82) is 0 Å². The predicted molar refractivity (Wildman–Crippen MR) is 104 cm³/mol. The Morgan fingerprint density at radius 1 is 1.42 bits per heavy atom. The molecule has 2 aromatic heterocycles. The summed E-state index contributed by atoms with van der Waals surface area (Å²) in [5, 5.41) is 12.8. The molecule has 0 radical (unpaired) electrons. The second-order valence-electron chi connectivity index (χ2n) is 6.18. The number of rotatable bonds is 7. The number of carbonyl (C=O) groups excluding carboxylic acids is 1. The van der Waals surface area contributed by atoms with E-state index in [2.05, 4.69) is 32.2 Å². The first-order valence-corrected chi connectivity index (χ1v) is 9.97. The fraction of sp³-hybridized carbons (Fsp3) is 0.500. The maximum absolute atomic E-state index is 12.5. The van der Waals surface area contributed by atoms with Gasteiger partial charge in [-0.05, 0) is 42.8 Å². The fourth-order valence-corrected chi connectivity index (χ4v) is 3.82. The van der Waals surface area contributed by atoms with E-state index in [1.165, 1.54) is 10.4 Å². The Morgan fingerprint density at radius 2 is 2.35 bits per heavy atom. The lowest BCUT2D eigenvalue weighted by atomic mass is 10.1. The van der Waals surface area contributed by atoms with Crippen molar-refractivity contribution in [2.45, 2.75) is 32.9 Å². The van der Waals surface area contributed by atoms with Gasteiger partial charge in [-0.3, -0.25) is 9.48 Å². The number of guanidine groups is 1. The van der Waals surface area contributed by atoms with Gasteiger partial charge in [0.05, 0.1) is 0 Å². The molecular weight excluding hydrogens is 348 g/mol. The summed E-state index contributed by atoms with van der Waals surface area (Å²) in [6.07, 6.45) is 5.63. The van der Waals surface area contributed by atoms with Crippen molar-refractivity contribution in [3.63, 3.8) is 0 Å². The lowest BCUT2D eigenvalue weighted by Crippen LogP contribution is -2.40. The van der Waals surface area contributed by atoms with E-state index in [0.29, 0.717) is 12.5 Å². The minimum atomic E-state index is 0.0793. The number of carbonyl (C=O) groups is 1. The average molecular weight is 375 g/mol. The van der Waals surface area contributed by atoms with Gasteiger partial charge in [-0.25, -0.2) is 4.99 Å². The quantitative estimate of drug-likeness (QED) is 0.437. The Labute approximate surface area is 158 Å². The molecule has 0 spiro atoms. The molecule has 7 nitrogen and oxygen atoms in total. The number of aryl methyl sites for hydroxylation is 1. The van der Waals surface area contributed by atoms with Crippen LogP contribution in [0.2, 0.25) is 0 Å². The largest absolute Gasteiger partial charge is 0.357 e. The van der Waals surface area contributed by atoms with Gasteiger partial charge in [0.15, 0.2) is 5.96 Å². The molecule has 0 saturated heterocycles. The molecule has 0 saturated carbocycles. The van der Waals surface area contributed by atoms with E-state index in [4.69, 9.17) is 0 Å². The van der Waals surface area contributed by atoms with E-state index in [9.17, 15) is 4.79 Å². The van der Waals surface area contributed by atoms with Crippen molar-refractivity contribution in [3.05, 3.63) is 40.3 Å². The van der Waals surface area contributed by atoms with Crippen LogP contribution in [-0.2, 0) is 24.3 Å². The molecule has 0 fully saturated rings. The number of fused-ring (bicyclic) bond motifs is 1. The molecule has 3 heterocycles. The molecule has 0 aliphatic carbocycles. The zero-order valence-electron chi connectivity index (χ0n) is 15.1. The first-order valence-electron chi connectivity index (χ1n) is 9.09. The summed E-state index contributed by atoms with van der Waals surface area (Å²) >= 11 is 1.78. The molecule has 0 aromatic carbocycles. The standard InChI is InChI=1S/C18H26N6OS/c1-2-19-18(20-7-3-9-24-10-4-8-22-24)21-13-17(25)23-11-5-16-15(14-23)6-12-26-16/h4,6,8,10,12H,2-3,5,7,9,11,13-14H2,1H3,(H2,19,20,21). The van der Waals surface area contributed by atoms with E-state index in [-0.39, 0.29) is 12.5 Å². The number of hydrogen-bond acceptors (Lipinski definition) is 4. The number of thiophene rings is 1. The molecule has 1 amide bonds. The van der Waals surface area contributed by atoms with Gasteiger partial charge in [-0.15, -0.1) is 11.3 Å². The van der Waals surface area contributed by atoms with Crippen molar-refractivity contribution >= 4 is 23.2 Å². The van der Waals surface area contributed by atoms with Gasteiger partial charge >= 0.3 is 0 Å². The number of aliphatic imine (C=N–C) groups is 1. The SMILES string of the molecule is CCNC(=NCC(=O)N1CCc2sccc2C1)NCCCn1cccn1. The highest BCUT2D eigenvalue weighted by atomic mass is 32.1. The highest BCUT2D eigenvalue weighted by Gasteiger charge is 2.21. The molecule has 1 aliphatic rings. The Hall–Kier alpha value is -2.35. The zero-order valence-corrected chi connectivity index (χ0v) is 16.0. The Kier molecular flexibility index (Phi) is 6.65. The van der Waals surface area contributed by atoms with Crippen LogP contribution in [-0.4, -0.2) is 52.7 Å². The smallest absolute Gasteiger partial charge is 0.244 e. The van der Waals surface area contributed by atoms with Crippen molar-refractivity contribution < 1.29 is 4.79 Å². The second-order valence-corrected chi connectivity index (χ2v) is 7.18. The molecule has 1 aliphatic heterocycles. The van der Waals surface area contributed by atoms with Crippen LogP contribution in [0.5, 0.6) is 0 Å². The molecule has 2 aromatic rings. The molecule has 3 rings (SSSR count). The topological polar surface area (TPSA) is 74.6 Å². The monoisotopic (exact) mass is 374 g/mol. The first-order chi connectivity index (χ1) is 12.8. The summed E-state index contributed by atoms with van der Waals surface area (Å²) in [6, 6.07) is 4.04. The van der Waals surface area contributed by atoms with Gasteiger partial charge < -0.3 is 15.5 Å². The molecule has 140 valence electrons. The summed E-state index contributed by atoms with van der Waals surface area (Å²) in [6.45, 7) is 6.09. The molecule has 0 bridgehead atoms. The molecule has 0 atom stereocenters. The normalized spacial score (nSPS) is 14.2. The van der Waals surface area contributed by atoms with Gasteiger partial charge in [0.2, 0.25) is 5.91 Å². The highest BCUT2D eigenvalue weighted by Crippen LogP contribution is 2.23. The van der Waals surface area contributed by atoms with E-state index in [1.807, 2.05) is 28.8 Å². The van der Waals surface area contributed by atoms with E-state index in [0.717, 1.165) is 39.0 Å². The van der Waals surface area contributed by atoms with Crippen molar-refractivity contribution in [2.75, 3.05) is 26.2 Å². The number of nitrogens with one attached hydrogen (secondary N) is 2. The van der Waals surface area contributed by atoms with E-state index >= 15 is 0 Å². The maximum Gasteiger partial charge on any atom is 0.244 e. The van der Waals surface area contributed by atoms with Crippen molar-refractivity contribution in [1.82, 2.24) is 25.3 Å². The number of aromatic nitrogens is 2. The van der Waals surface area contributed by atoms with Crippen LogP contribution in [0.25, 0.3) is 0 Å². The third-order valence-electron chi connectivity index (χ3n) is 4.29. The van der Waals surface area contributed by atoms with E-state index < -0.39 is 0 Å². The van der Waals surface area contributed by atoms with Gasteiger partial charge in [-0.1, -0.05) is 0 Å². The molecule has 26 heavy (non-hydrogen) atoms.